The number of likely N-dealkylation sites (tertiary alicyclic amines) is 1. The SMILES string of the molecule is CNC1CCCN(C(=O)CN(Cc2ccccc2)Cc2ccccc2)C1. The summed E-state index contributed by atoms with van der Waals surface area (Å²) in [7, 11) is 1.98. The highest BCUT2D eigenvalue weighted by molar-refractivity contribution is 5.78. The van der Waals surface area contributed by atoms with Gasteiger partial charge in [-0.1, -0.05) is 60.7 Å². The molecule has 0 aliphatic carbocycles. The van der Waals surface area contributed by atoms with Gasteiger partial charge in [0.2, 0.25) is 5.91 Å². The molecule has 1 N–H and O–H groups in total. The standard InChI is InChI=1S/C22H29N3O/c1-23-21-13-8-14-25(17-21)22(26)18-24(15-19-9-4-2-5-10-19)16-20-11-6-3-7-12-20/h2-7,9-12,21,23H,8,13-18H2,1H3. The van der Waals surface area contributed by atoms with Crippen LogP contribution in [0.1, 0.15) is 24.0 Å². The Balaban J connectivity index is 1.67. The van der Waals surface area contributed by atoms with Gasteiger partial charge in [0, 0.05) is 32.2 Å². The molecule has 1 atom stereocenters. The van der Waals surface area contributed by atoms with Crippen LogP contribution in [0.2, 0.25) is 0 Å². The zero-order valence-electron chi connectivity index (χ0n) is 15.6. The summed E-state index contributed by atoms with van der Waals surface area (Å²) in [5, 5.41) is 3.31. The summed E-state index contributed by atoms with van der Waals surface area (Å²) < 4.78 is 0. The molecule has 0 spiro atoms. The summed E-state index contributed by atoms with van der Waals surface area (Å²) >= 11 is 0. The highest BCUT2D eigenvalue weighted by Crippen LogP contribution is 2.13. The lowest BCUT2D eigenvalue weighted by molar-refractivity contribution is -0.134. The fourth-order valence-electron chi connectivity index (χ4n) is 3.58. The number of nitrogens with zero attached hydrogens (tertiary/aromatic N) is 2. The van der Waals surface area contributed by atoms with Crippen molar-refractivity contribution < 1.29 is 4.79 Å². The fourth-order valence-corrected chi connectivity index (χ4v) is 3.58. The predicted molar refractivity (Wildman–Crippen MR) is 106 cm³/mol. The Hall–Kier alpha value is -2.17. The first kappa shape index (κ1) is 18.6. The van der Waals surface area contributed by atoms with Gasteiger partial charge in [-0.2, -0.15) is 0 Å². The molecule has 1 aliphatic rings. The van der Waals surface area contributed by atoms with Crippen molar-refractivity contribution in [3.05, 3.63) is 71.8 Å². The maximum atomic E-state index is 12.9. The first-order valence-corrected chi connectivity index (χ1v) is 9.50. The lowest BCUT2D eigenvalue weighted by atomic mass is 10.1. The van der Waals surface area contributed by atoms with Crippen LogP contribution >= 0.6 is 0 Å². The smallest absolute Gasteiger partial charge is 0.236 e. The average molecular weight is 351 g/mol. The molecule has 0 aromatic heterocycles. The number of carbonyl (C=O) groups excluding carboxylic acids is 1. The van der Waals surface area contributed by atoms with Gasteiger partial charge in [-0.05, 0) is 31.0 Å². The highest BCUT2D eigenvalue weighted by Gasteiger charge is 2.24. The molecule has 2 aromatic carbocycles. The summed E-state index contributed by atoms with van der Waals surface area (Å²) in [6.07, 6.45) is 2.23. The number of likely N-dealkylation sites (N-methyl/N-ethyl adjacent to an activating group) is 1. The molecule has 1 fully saturated rings. The van der Waals surface area contributed by atoms with Crippen LogP contribution in [-0.2, 0) is 17.9 Å². The van der Waals surface area contributed by atoms with Crippen LogP contribution < -0.4 is 5.32 Å². The van der Waals surface area contributed by atoms with Crippen LogP contribution in [0.25, 0.3) is 0 Å². The Kier molecular flexibility index (Phi) is 6.81. The van der Waals surface area contributed by atoms with Gasteiger partial charge < -0.3 is 10.2 Å². The van der Waals surface area contributed by atoms with Gasteiger partial charge in [-0.3, -0.25) is 9.69 Å². The second-order valence-electron chi connectivity index (χ2n) is 7.08. The van der Waals surface area contributed by atoms with Crippen LogP contribution in [0.4, 0.5) is 0 Å². The Morgan fingerprint density at radius 2 is 1.62 bits per heavy atom. The van der Waals surface area contributed by atoms with Crippen LogP contribution in [0, 0.1) is 0 Å². The third kappa shape index (κ3) is 5.41. The van der Waals surface area contributed by atoms with E-state index in [1.807, 2.05) is 24.1 Å². The zero-order valence-corrected chi connectivity index (χ0v) is 15.6. The van der Waals surface area contributed by atoms with Gasteiger partial charge in [0.1, 0.15) is 0 Å². The van der Waals surface area contributed by atoms with Crippen LogP contribution in [0.15, 0.2) is 60.7 Å². The molecular formula is C22H29N3O. The molecule has 138 valence electrons. The molecule has 1 heterocycles. The molecule has 26 heavy (non-hydrogen) atoms. The average Bonchev–Trinajstić information content (AvgIpc) is 2.69. The van der Waals surface area contributed by atoms with Crippen molar-refractivity contribution in [3.8, 4) is 0 Å². The van der Waals surface area contributed by atoms with Crippen molar-refractivity contribution in [2.45, 2.75) is 32.0 Å². The predicted octanol–water partition coefficient (Wildman–Crippen LogP) is 2.90. The quantitative estimate of drug-likeness (QED) is 0.833. The molecule has 0 bridgehead atoms. The van der Waals surface area contributed by atoms with E-state index in [0.717, 1.165) is 39.0 Å². The van der Waals surface area contributed by atoms with E-state index in [2.05, 4.69) is 58.7 Å². The van der Waals surface area contributed by atoms with Gasteiger partial charge in [-0.15, -0.1) is 0 Å². The zero-order chi connectivity index (χ0) is 18.2. The molecule has 1 saturated heterocycles. The van der Waals surface area contributed by atoms with Gasteiger partial charge in [0.15, 0.2) is 0 Å². The third-order valence-electron chi connectivity index (χ3n) is 5.04. The first-order valence-electron chi connectivity index (χ1n) is 9.50. The number of hydrogen-bond donors (Lipinski definition) is 1. The Morgan fingerprint density at radius 1 is 1.04 bits per heavy atom. The van der Waals surface area contributed by atoms with E-state index in [4.69, 9.17) is 0 Å². The molecule has 4 heteroatoms. The molecule has 1 aliphatic heterocycles. The van der Waals surface area contributed by atoms with Gasteiger partial charge >= 0.3 is 0 Å². The van der Waals surface area contributed by atoms with Gasteiger partial charge in [0.25, 0.3) is 0 Å². The van der Waals surface area contributed by atoms with E-state index in [1.54, 1.807) is 0 Å². The van der Waals surface area contributed by atoms with E-state index in [-0.39, 0.29) is 5.91 Å². The number of nitrogens with one attached hydrogen (secondary N) is 1. The molecular weight excluding hydrogens is 322 g/mol. The van der Waals surface area contributed by atoms with Gasteiger partial charge in [0.05, 0.1) is 6.54 Å². The number of hydrogen-bond acceptors (Lipinski definition) is 3. The van der Waals surface area contributed by atoms with Crippen LogP contribution in [-0.4, -0.2) is 48.4 Å². The Bertz CT molecular complexity index is 633. The largest absolute Gasteiger partial charge is 0.340 e. The number of rotatable bonds is 7. The van der Waals surface area contributed by atoms with Crippen molar-refractivity contribution >= 4 is 5.91 Å². The van der Waals surface area contributed by atoms with E-state index >= 15 is 0 Å². The second kappa shape index (κ2) is 9.51. The van der Waals surface area contributed by atoms with E-state index in [0.29, 0.717) is 12.6 Å². The minimum Gasteiger partial charge on any atom is -0.340 e. The molecule has 0 radical (unpaired) electrons. The summed E-state index contributed by atoms with van der Waals surface area (Å²) in [4.78, 5) is 17.2. The molecule has 1 unspecified atom stereocenters. The van der Waals surface area contributed by atoms with E-state index in [9.17, 15) is 4.79 Å². The summed E-state index contributed by atoms with van der Waals surface area (Å²) in [6.45, 7) is 3.72. The number of benzene rings is 2. The molecule has 3 rings (SSSR count). The monoisotopic (exact) mass is 351 g/mol. The van der Waals surface area contributed by atoms with Crippen molar-refractivity contribution in [1.29, 1.82) is 0 Å². The summed E-state index contributed by atoms with van der Waals surface area (Å²) in [5.74, 6) is 0.233. The van der Waals surface area contributed by atoms with E-state index in [1.165, 1.54) is 11.1 Å². The summed E-state index contributed by atoms with van der Waals surface area (Å²) in [5.41, 5.74) is 2.48. The molecule has 4 nitrogen and oxygen atoms in total. The maximum absolute atomic E-state index is 12.9. The van der Waals surface area contributed by atoms with Crippen molar-refractivity contribution in [2.75, 3.05) is 26.7 Å². The minimum absolute atomic E-state index is 0.233. The minimum atomic E-state index is 0.233. The fraction of sp³-hybridized carbons (Fsp3) is 0.409. The number of piperidine rings is 1. The topological polar surface area (TPSA) is 35.6 Å². The Morgan fingerprint density at radius 3 is 2.15 bits per heavy atom. The van der Waals surface area contributed by atoms with E-state index < -0.39 is 0 Å². The second-order valence-corrected chi connectivity index (χ2v) is 7.08. The molecule has 1 amide bonds. The lowest BCUT2D eigenvalue weighted by Crippen LogP contribution is -2.49. The maximum Gasteiger partial charge on any atom is 0.236 e. The lowest BCUT2D eigenvalue weighted by Gasteiger charge is -2.34. The highest BCUT2D eigenvalue weighted by atomic mass is 16.2. The first-order chi connectivity index (χ1) is 12.7. The Labute approximate surface area is 156 Å². The molecule has 2 aromatic rings. The third-order valence-corrected chi connectivity index (χ3v) is 5.04. The van der Waals surface area contributed by atoms with Gasteiger partial charge in [-0.25, -0.2) is 0 Å². The van der Waals surface area contributed by atoms with Crippen LogP contribution in [0.3, 0.4) is 0 Å². The van der Waals surface area contributed by atoms with Crippen molar-refractivity contribution in [1.82, 2.24) is 15.1 Å². The summed E-state index contributed by atoms with van der Waals surface area (Å²) in [6, 6.07) is 21.2. The van der Waals surface area contributed by atoms with Crippen LogP contribution in [0.5, 0.6) is 0 Å². The van der Waals surface area contributed by atoms with Crippen molar-refractivity contribution in [2.24, 2.45) is 0 Å². The normalized spacial score (nSPS) is 17.5. The number of carbonyl (C=O) groups is 1. The van der Waals surface area contributed by atoms with Crippen molar-refractivity contribution in [3.63, 3.8) is 0 Å². The molecule has 0 saturated carbocycles. The number of amides is 1.